The molecule has 5 heteroatoms. The highest BCUT2D eigenvalue weighted by molar-refractivity contribution is 9.10. The van der Waals surface area contributed by atoms with Crippen molar-refractivity contribution >= 4 is 27.5 Å². The van der Waals surface area contributed by atoms with Crippen LogP contribution in [0, 0.1) is 6.92 Å². The van der Waals surface area contributed by atoms with Gasteiger partial charge in [-0.15, -0.1) is 0 Å². The molecule has 0 fully saturated rings. The third-order valence-corrected chi connectivity index (χ3v) is 3.73. The molecule has 2 rings (SSSR count). The van der Waals surface area contributed by atoms with E-state index in [9.17, 15) is 0 Å². The maximum Gasteiger partial charge on any atom is 0.0819 e. The van der Waals surface area contributed by atoms with E-state index in [2.05, 4.69) is 45.4 Å². The first kappa shape index (κ1) is 14.6. The second kappa shape index (κ2) is 6.55. The van der Waals surface area contributed by atoms with Crippen LogP contribution in [0.15, 0.2) is 28.9 Å². The van der Waals surface area contributed by atoms with Gasteiger partial charge in [-0.1, -0.05) is 34.5 Å². The Labute approximate surface area is 127 Å². The van der Waals surface area contributed by atoms with Crippen LogP contribution in [0.5, 0.6) is 0 Å². The molecule has 0 aliphatic carbocycles. The number of benzene rings is 1. The van der Waals surface area contributed by atoms with Crippen LogP contribution in [0.3, 0.4) is 0 Å². The third kappa shape index (κ3) is 3.59. The van der Waals surface area contributed by atoms with Gasteiger partial charge in [0, 0.05) is 17.2 Å². The summed E-state index contributed by atoms with van der Waals surface area (Å²) in [5.41, 5.74) is 3.10. The van der Waals surface area contributed by atoms with Crippen LogP contribution in [0.1, 0.15) is 24.6 Å². The molecule has 0 bridgehead atoms. The minimum absolute atomic E-state index is 0.690. The van der Waals surface area contributed by atoms with Crippen LogP contribution >= 0.6 is 27.5 Å². The molecule has 0 aliphatic rings. The van der Waals surface area contributed by atoms with Gasteiger partial charge in [-0.2, -0.15) is 5.10 Å². The Bertz CT molecular complexity index is 546. The normalized spacial score (nSPS) is 10.9. The molecule has 2 aromatic rings. The van der Waals surface area contributed by atoms with Crippen LogP contribution < -0.4 is 5.32 Å². The van der Waals surface area contributed by atoms with E-state index in [0.29, 0.717) is 5.02 Å². The van der Waals surface area contributed by atoms with Gasteiger partial charge in [0.2, 0.25) is 0 Å². The van der Waals surface area contributed by atoms with Crippen molar-refractivity contribution in [3.05, 3.63) is 45.1 Å². The lowest BCUT2D eigenvalue weighted by Crippen LogP contribution is -2.15. The van der Waals surface area contributed by atoms with E-state index in [-0.39, 0.29) is 0 Å². The van der Waals surface area contributed by atoms with Gasteiger partial charge in [0.25, 0.3) is 0 Å². The summed E-state index contributed by atoms with van der Waals surface area (Å²) >= 11 is 9.60. The minimum Gasteiger partial charge on any atom is -0.313 e. The van der Waals surface area contributed by atoms with Crippen LogP contribution in [0.4, 0.5) is 0 Å². The Morgan fingerprint density at radius 1 is 1.42 bits per heavy atom. The molecule has 3 nitrogen and oxygen atoms in total. The number of hydrogen-bond acceptors (Lipinski definition) is 2. The zero-order chi connectivity index (χ0) is 13.8. The van der Waals surface area contributed by atoms with Gasteiger partial charge in [0.05, 0.1) is 16.4 Å². The predicted octanol–water partition coefficient (Wildman–Crippen LogP) is 4.10. The summed E-state index contributed by atoms with van der Waals surface area (Å²) in [5.74, 6) is 0. The van der Waals surface area contributed by atoms with Crippen molar-refractivity contribution < 1.29 is 0 Å². The molecule has 0 radical (unpaired) electrons. The third-order valence-electron chi connectivity index (χ3n) is 2.87. The molecule has 0 amide bonds. The van der Waals surface area contributed by atoms with Crippen molar-refractivity contribution in [1.82, 2.24) is 15.1 Å². The van der Waals surface area contributed by atoms with Gasteiger partial charge in [0.15, 0.2) is 0 Å². The highest BCUT2D eigenvalue weighted by atomic mass is 79.9. The fourth-order valence-corrected chi connectivity index (χ4v) is 2.42. The van der Waals surface area contributed by atoms with E-state index >= 15 is 0 Å². The molecular weight excluding hydrogens is 326 g/mol. The zero-order valence-corrected chi connectivity index (χ0v) is 13.4. The Hall–Kier alpha value is -0.840. The highest BCUT2D eigenvalue weighted by Crippen LogP contribution is 2.22. The van der Waals surface area contributed by atoms with Crippen LogP contribution in [-0.4, -0.2) is 16.3 Å². The fourth-order valence-electron chi connectivity index (χ4n) is 1.88. The average Bonchev–Trinajstić information content (AvgIpc) is 2.70. The van der Waals surface area contributed by atoms with Crippen molar-refractivity contribution in [1.29, 1.82) is 0 Å². The number of nitrogens with one attached hydrogen (secondary N) is 1. The van der Waals surface area contributed by atoms with Gasteiger partial charge < -0.3 is 5.32 Å². The second-order valence-corrected chi connectivity index (χ2v) is 5.78. The zero-order valence-electron chi connectivity index (χ0n) is 11.1. The Morgan fingerprint density at radius 2 is 2.21 bits per heavy atom. The van der Waals surface area contributed by atoms with Gasteiger partial charge >= 0.3 is 0 Å². The molecule has 1 heterocycles. The van der Waals surface area contributed by atoms with E-state index in [1.807, 2.05) is 23.9 Å². The first-order chi connectivity index (χ1) is 9.11. The van der Waals surface area contributed by atoms with Crippen molar-refractivity contribution in [2.45, 2.75) is 26.8 Å². The standard InChI is InChI=1S/C14H17BrClN3/c1-3-6-17-8-11-7-12(15)4-5-14(11)19-9-13(16)10(2)18-19/h4-5,7,9,17H,3,6,8H2,1-2H3. The van der Waals surface area contributed by atoms with E-state index in [0.717, 1.165) is 35.4 Å². The molecule has 0 aliphatic heterocycles. The Kier molecular flexibility index (Phi) is 5.02. The van der Waals surface area contributed by atoms with Crippen molar-refractivity contribution in [3.63, 3.8) is 0 Å². The van der Waals surface area contributed by atoms with Crippen LogP contribution in [-0.2, 0) is 6.54 Å². The number of nitrogens with zero attached hydrogens (tertiary/aromatic N) is 2. The molecule has 0 saturated carbocycles. The summed E-state index contributed by atoms with van der Waals surface area (Å²) < 4.78 is 2.91. The number of aryl methyl sites for hydroxylation is 1. The molecule has 19 heavy (non-hydrogen) atoms. The largest absolute Gasteiger partial charge is 0.313 e. The van der Waals surface area contributed by atoms with Crippen molar-refractivity contribution in [2.75, 3.05) is 6.54 Å². The first-order valence-electron chi connectivity index (χ1n) is 6.33. The number of hydrogen-bond donors (Lipinski definition) is 1. The van der Waals surface area contributed by atoms with Gasteiger partial charge in [-0.05, 0) is 43.7 Å². The minimum atomic E-state index is 0.690. The van der Waals surface area contributed by atoms with Crippen molar-refractivity contribution in [2.24, 2.45) is 0 Å². The average molecular weight is 343 g/mol. The number of aromatic nitrogens is 2. The highest BCUT2D eigenvalue weighted by Gasteiger charge is 2.09. The quantitative estimate of drug-likeness (QED) is 0.829. The maximum absolute atomic E-state index is 6.08. The van der Waals surface area contributed by atoms with Gasteiger partial charge in [0.1, 0.15) is 0 Å². The molecule has 0 saturated heterocycles. The van der Waals surface area contributed by atoms with Gasteiger partial charge in [-0.25, -0.2) is 4.68 Å². The predicted molar refractivity (Wildman–Crippen MR) is 83.0 cm³/mol. The summed E-state index contributed by atoms with van der Waals surface area (Å²) in [7, 11) is 0. The van der Waals surface area contributed by atoms with E-state index in [1.54, 1.807) is 0 Å². The van der Waals surface area contributed by atoms with Gasteiger partial charge in [-0.3, -0.25) is 0 Å². The molecule has 0 unspecified atom stereocenters. The lowest BCUT2D eigenvalue weighted by Gasteiger charge is -2.11. The maximum atomic E-state index is 6.08. The summed E-state index contributed by atoms with van der Waals surface area (Å²) in [4.78, 5) is 0. The molecule has 1 N–H and O–H groups in total. The number of rotatable bonds is 5. The summed E-state index contributed by atoms with van der Waals surface area (Å²) in [5, 5.41) is 8.55. The molecule has 1 aromatic carbocycles. The first-order valence-corrected chi connectivity index (χ1v) is 7.50. The lowest BCUT2D eigenvalue weighted by atomic mass is 10.1. The lowest BCUT2D eigenvalue weighted by molar-refractivity contribution is 0.670. The smallest absolute Gasteiger partial charge is 0.0819 e. The summed E-state index contributed by atoms with van der Waals surface area (Å²) in [6.07, 6.45) is 2.97. The number of halogens is 2. The van der Waals surface area contributed by atoms with Crippen LogP contribution in [0.25, 0.3) is 5.69 Å². The SMILES string of the molecule is CCCNCc1cc(Br)ccc1-n1cc(Cl)c(C)n1. The molecule has 0 spiro atoms. The molecular formula is C14H17BrClN3. The molecule has 1 aromatic heterocycles. The monoisotopic (exact) mass is 341 g/mol. The molecule has 0 atom stereocenters. The Morgan fingerprint density at radius 3 is 2.84 bits per heavy atom. The van der Waals surface area contributed by atoms with E-state index < -0.39 is 0 Å². The summed E-state index contributed by atoms with van der Waals surface area (Å²) in [6, 6.07) is 6.18. The van der Waals surface area contributed by atoms with E-state index in [1.165, 1.54) is 5.56 Å². The topological polar surface area (TPSA) is 29.9 Å². The summed E-state index contributed by atoms with van der Waals surface area (Å²) in [6.45, 7) is 5.89. The Balaban J connectivity index is 2.33. The second-order valence-electron chi connectivity index (χ2n) is 4.46. The van der Waals surface area contributed by atoms with E-state index in [4.69, 9.17) is 11.6 Å². The molecule has 102 valence electrons. The van der Waals surface area contributed by atoms with Crippen LogP contribution in [0.2, 0.25) is 5.02 Å². The fraction of sp³-hybridized carbons (Fsp3) is 0.357. The van der Waals surface area contributed by atoms with Crippen molar-refractivity contribution in [3.8, 4) is 5.69 Å².